The van der Waals surface area contributed by atoms with Gasteiger partial charge in [0.2, 0.25) is 0 Å². The lowest BCUT2D eigenvalue weighted by atomic mass is 10.1. The van der Waals surface area contributed by atoms with Crippen molar-refractivity contribution in [3.05, 3.63) is 58.6 Å². The summed E-state index contributed by atoms with van der Waals surface area (Å²) in [4.78, 5) is 24.6. The highest BCUT2D eigenvalue weighted by Crippen LogP contribution is 2.30. The van der Waals surface area contributed by atoms with Gasteiger partial charge in [-0.25, -0.2) is 15.0 Å². The fraction of sp³-hybridized carbons (Fsp3) is 0.211. The van der Waals surface area contributed by atoms with Gasteiger partial charge in [-0.1, -0.05) is 19.1 Å². The minimum atomic E-state index is -0.406. The summed E-state index contributed by atoms with van der Waals surface area (Å²) < 4.78 is 2.07. The second-order valence-corrected chi connectivity index (χ2v) is 6.23. The molecule has 130 valence electrons. The van der Waals surface area contributed by atoms with Gasteiger partial charge in [0.05, 0.1) is 16.0 Å². The van der Waals surface area contributed by atoms with Gasteiger partial charge in [0.1, 0.15) is 5.82 Å². The molecule has 0 bridgehead atoms. The average molecular weight is 347 g/mol. The number of nitro benzene ring substituents is 1. The molecule has 0 saturated heterocycles. The summed E-state index contributed by atoms with van der Waals surface area (Å²) in [7, 11) is 0. The van der Waals surface area contributed by atoms with Crippen molar-refractivity contribution in [3.8, 4) is 11.4 Å². The number of non-ortho nitro benzene ring substituents is 1. The maximum absolute atomic E-state index is 10.9. The van der Waals surface area contributed by atoms with Gasteiger partial charge in [0.15, 0.2) is 11.3 Å². The van der Waals surface area contributed by atoms with Crippen molar-refractivity contribution in [2.45, 2.75) is 26.3 Å². The number of nitro groups is 1. The summed E-state index contributed by atoms with van der Waals surface area (Å²) in [6.45, 7) is 4.21. The number of para-hydroxylation sites is 2. The smallest absolute Gasteiger partial charge is 0.269 e. The van der Waals surface area contributed by atoms with E-state index in [1.54, 1.807) is 12.1 Å². The summed E-state index contributed by atoms with van der Waals surface area (Å²) in [5.41, 5.74) is 3.79. The van der Waals surface area contributed by atoms with Crippen LogP contribution in [-0.2, 0) is 0 Å². The average Bonchev–Trinajstić information content (AvgIpc) is 3.03. The minimum Gasteiger partial charge on any atom is -0.304 e. The van der Waals surface area contributed by atoms with Crippen LogP contribution in [0.15, 0.2) is 48.5 Å². The van der Waals surface area contributed by atoms with Crippen LogP contribution in [0.4, 0.5) is 5.69 Å². The normalized spacial score (nSPS) is 12.5. The summed E-state index contributed by atoms with van der Waals surface area (Å²) in [5, 5.41) is 10.9. The van der Waals surface area contributed by atoms with Gasteiger partial charge >= 0.3 is 0 Å². The van der Waals surface area contributed by atoms with Crippen molar-refractivity contribution in [3.63, 3.8) is 0 Å². The molecule has 2 aromatic heterocycles. The molecule has 0 aliphatic carbocycles. The molecular weight excluding hydrogens is 330 g/mol. The van der Waals surface area contributed by atoms with Crippen molar-refractivity contribution in [1.82, 2.24) is 19.5 Å². The van der Waals surface area contributed by atoms with Gasteiger partial charge in [-0.2, -0.15) is 0 Å². The summed E-state index contributed by atoms with van der Waals surface area (Å²) in [6, 6.07) is 14.3. The molecule has 0 N–H and O–H groups in total. The molecule has 4 rings (SSSR count). The standard InChI is InChI=1S/C19H17N5O2/c1-3-12(2)23-18(13-8-10-14(11-9-13)24(25)26)22-17-19(23)21-16-7-5-4-6-15(16)20-17/h4-12H,3H2,1-2H3. The van der Waals surface area contributed by atoms with Crippen LogP contribution in [0.25, 0.3) is 33.7 Å². The van der Waals surface area contributed by atoms with E-state index in [0.29, 0.717) is 5.65 Å². The van der Waals surface area contributed by atoms with E-state index in [1.165, 1.54) is 12.1 Å². The van der Waals surface area contributed by atoms with Crippen molar-refractivity contribution < 1.29 is 4.92 Å². The molecule has 0 aliphatic rings. The molecule has 0 amide bonds. The van der Waals surface area contributed by atoms with E-state index in [9.17, 15) is 10.1 Å². The van der Waals surface area contributed by atoms with Gasteiger partial charge in [-0.05, 0) is 37.6 Å². The predicted molar refractivity (Wildman–Crippen MR) is 99.9 cm³/mol. The SMILES string of the molecule is CCC(C)n1c(-c2ccc([N+](=O)[O-])cc2)nc2nc3ccccc3nc21. The fourth-order valence-electron chi connectivity index (χ4n) is 3.01. The van der Waals surface area contributed by atoms with Gasteiger partial charge in [0.25, 0.3) is 5.69 Å². The van der Waals surface area contributed by atoms with Crippen LogP contribution in [0.2, 0.25) is 0 Å². The first-order chi connectivity index (χ1) is 12.6. The monoisotopic (exact) mass is 347 g/mol. The molecule has 2 aromatic carbocycles. The number of imidazole rings is 1. The zero-order valence-corrected chi connectivity index (χ0v) is 14.5. The van der Waals surface area contributed by atoms with Crippen molar-refractivity contribution in [2.24, 2.45) is 0 Å². The quantitative estimate of drug-likeness (QED) is 0.400. The number of hydrogen-bond donors (Lipinski definition) is 0. The molecule has 7 heteroatoms. The van der Waals surface area contributed by atoms with Crippen molar-refractivity contribution in [2.75, 3.05) is 0 Å². The van der Waals surface area contributed by atoms with Crippen LogP contribution < -0.4 is 0 Å². The van der Waals surface area contributed by atoms with Crippen LogP contribution in [-0.4, -0.2) is 24.4 Å². The van der Waals surface area contributed by atoms with E-state index < -0.39 is 4.92 Å². The Hall–Kier alpha value is -3.35. The number of hydrogen-bond acceptors (Lipinski definition) is 5. The van der Waals surface area contributed by atoms with E-state index in [2.05, 4.69) is 23.4 Å². The molecule has 0 fully saturated rings. The maximum Gasteiger partial charge on any atom is 0.269 e. The lowest BCUT2D eigenvalue weighted by Crippen LogP contribution is -2.07. The third-order valence-electron chi connectivity index (χ3n) is 4.57. The minimum absolute atomic E-state index is 0.0574. The predicted octanol–water partition coefficient (Wildman–Crippen LogP) is 4.53. The van der Waals surface area contributed by atoms with Crippen LogP contribution in [0.5, 0.6) is 0 Å². The Bertz CT molecular complexity index is 1120. The van der Waals surface area contributed by atoms with E-state index >= 15 is 0 Å². The Labute approximate surface area is 149 Å². The molecule has 0 saturated carbocycles. The van der Waals surface area contributed by atoms with Crippen LogP contribution in [0.3, 0.4) is 0 Å². The fourth-order valence-corrected chi connectivity index (χ4v) is 3.01. The van der Waals surface area contributed by atoms with Crippen molar-refractivity contribution >= 4 is 28.0 Å². The van der Waals surface area contributed by atoms with E-state index in [-0.39, 0.29) is 11.7 Å². The van der Waals surface area contributed by atoms with Crippen molar-refractivity contribution in [1.29, 1.82) is 0 Å². The molecule has 1 unspecified atom stereocenters. The van der Waals surface area contributed by atoms with E-state index in [0.717, 1.165) is 34.5 Å². The highest BCUT2D eigenvalue weighted by Gasteiger charge is 2.19. The Balaban J connectivity index is 1.97. The molecule has 0 spiro atoms. The number of nitrogens with zero attached hydrogens (tertiary/aromatic N) is 5. The number of aromatic nitrogens is 4. The van der Waals surface area contributed by atoms with Gasteiger partial charge in [-0.15, -0.1) is 0 Å². The second kappa shape index (κ2) is 6.18. The van der Waals surface area contributed by atoms with Gasteiger partial charge in [0, 0.05) is 23.7 Å². The van der Waals surface area contributed by atoms with E-state index in [4.69, 9.17) is 9.97 Å². The van der Waals surface area contributed by atoms with Gasteiger partial charge < -0.3 is 4.57 Å². The number of fused-ring (bicyclic) bond motifs is 2. The molecular formula is C19H17N5O2. The summed E-state index contributed by atoms with van der Waals surface area (Å²) in [5.74, 6) is 0.722. The number of rotatable bonds is 4. The second-order valence-electron chi connectivity index (χ2n) is 6.23. The third kappa shape index (κ3) is 2.57. The molecule has 2 heterocycles. The molecule has 4 aromatic rings. The maximum atomic E-state index is 10.9. The third-order valence-corrected chi connectivity index (χ3v) is 4.57. The lowest BCUT2D eigenvalue weighted by molar-refractivity contribution is -0.384. The molecule has 1 atom stereocenters. The largest absolute Gasteiger partial charge is 0.304 e. The highest BCUT2D eigenvalue weighted by molar-refractivity contribution is 5.85. The van der Waals surface area contributed by atoms with Crippen LogP contribution in [0, 0.1) is 10.1 Å². The Kier molecular flexibility index (Phi) is 3.84. The first kappa shape index (κ1) is 16.1. The summed E-state index contributed by atoms with van der Waals surface area (Å²) >= 11 is 0. The molecule has 7 nitrogen and oxygen atoms in total. The Morgan fingerprint density at radius 3 is 2.31 bits per heavy atom. The van der Waals surface area contributed by atoms with E-state index in [1.807, 2.05) is 24.3 Å². The van der Waals surface area contributed by atoms with Crippen LogP contribution in [0.1, 0.15) is 26.3 Å². The first-order valence-corrected chi connectivity index (χ1v) is 8.48. The topological polar surface area (TPSA) is 86.7 Å². The number of benzene rings is 2. The Morgan fingerprint density at radius 1 is 1.04 bits per heavy atom. The Morgan fingerprint density at radius 2 is 1.69 bits per heavy atom. The zero-order valence-electron chi connectivity index (χ0n) is 14.5. The zero-order chi connectivity index (χ0) is 18.3. The lowest BCUT2D eigenvalue weighted by Gasteiger charge is -2.15. The van der Waals surface area contributed by atoms with Gasteiger partial charge in [-0.3, -0.25) is 10.1 Å². The molecule has 0 aliphatic heterocycles. The summed E-state index contributed by atoms with van der Waals surface area (Å²) in [6.07, 6.45) is 0.903. The molecule has 0 radical (unpaired) electrons. The van der Waals surface area contributed by atoms with Crippen LogP contribution >= 0.6 is 0 Å². The first-order valence-electron chi connectivity index (χ1n) is 8.48. The highest BCUT2D eigenvalue weighted by atomic mass is 16.6. The molecule has 26 heavy (non-hydrogen) atoms.